The van der Waals surface area contributed by atoms with Gasteiger partial charge in [-0.25, -0.2) is 0 Å². The van der Waals surface area contributed by atoms with Crippen molar-refractivity contribution in [1.82, 2.24) is 4.90 Å². The number of likely N-dealkylation sites (tertiary alicyclic amines) is 1. The van der Waals surface area contributed by atoms with Gasteiger partial charge in [0.25, 0.3) is 0 Å². The van der Waals surface area contributed by atoms with Gasteiger partial charge in [0.05, 0.1) is 0 Å². The average Bonchev–Trinajstić information content (AvgIpc) is 2.15. The number of piperidine rings is 1. The maximum atomic E-state index is 12.0. The smallest absolute Gasteiger partial charge is 0.223 e. The van der Waals surface area contributed by atoms with Gasteiger partial charge in [-0.1, -0.05) is 20.8 Å². The molecule has 88 valence electrons. The molecule has 0 bridgehead atoms. The van der Waals surface area contributed by atoms with Crippen molar-refractivity contribution in [3.8, 4) is 0 Å². The van der Waals surface area contributed by atoms with E-state index >= 15 is 0 Å². The van der Waals surface area contributed by atoms with Crippen molar-refractivity contribution in [2.75, 3.05) is 19.6 Å². The zero-order valence-electron chi connectivity index (χ0n) is 10.3. The fourth-order valence-corrected chi connectivity index (χ4v) is 2.05. The Balaban J connectivity index is 2.45. The summed E-state index contributed by atoms with van der Waals surface area (Å²) in [6.07, 6.45) is 2.93. The first kappa shape index (κ1) is 12.5. The molecule has 1 rings (SSSR count). The summed E-state index contributed by atoms with van der Waals surface area (Å²) in [5.74, 6) is 0.809. The van der Waals surface area contributed by atoms with Crippen LogP contribution in [0.25, 0.3) is 0 Å². The van der Waals surface area contributed by atoms with E-state index in [2.05, 4.69) is 20.8 Å². The van der Waals surface area contributed by atoms with Crippen LogP contribution in [-0.2, 0) is 4.79 Å². The Hall–Kier alpha value is -0.570. The third-order valence-corrected chi connectivity index (χ3v) is 2.89. The topological polar surface area (TPSA) is 46.3 Å². The van der Waals surface area contributed by atoms with Gasteiger partial charge in [-0.3, -0.25) is 4.79 Å². The summed E-state index contributed by atoms with van der Waals surface area (Å²) in [5.41, 5.74) is 5.74. The lowest BCUT2D eigenvalue weighted by Crippen LogP contribution is -2.43. The maximum Gasteiger partial charge on any atom is 0.223 e. The minimum Gasteiger partial charge on any atom is -0.342 e. The van der Waals surface area contributed by atoms with Gasteiger partial charge in [0.2, 0.25) is 5.91 Å². The monoisotopic (exact) mass is 212 g/mol. The zero-order valence-corrected chi connectivity index (χ0v) is 10.3. The van der Waals surface area contributed by atoms with E-state index in [0.717, 1.165) is 19.5 Å². The highest BCUT2D eigenvalue weighted by molar-refractivity contribution is 5.76. The lowest BCUT2D eigenvalue weighted by Gasteiger charge is -2.33. The summed E-state index contributed by atoms with van der Waals surface area (Å²) in [6.45, 7) is 8.82. The van der Waals surface area contributed by atoms with Crippen LogP contribution < -0.4 is 5.73 Å². The highest BCUT2D eigenvalue weighted by Gasteiger charge is 2.25. The highest BCUT2D eigenvalue weighted by atomic mass is 16.2. The first-order valence-corrected chi connectivity index (χ1v) is 5.90. The molecule has 1 fully saturated rings. The van der Waals surface area contributed by atoms with E-state index in [-0.39, 0.29) is 5.41 Å². The number of nitrogens with two attached hydrogens (primary N) is 1. The lowest BCUT2D eigenvalue weighted by molar-refractivity contribution is -0.134. The highest BCUT2D eigenvalue weighted by Crippen LogP contribution is 2.22. The van der Waals surface area contributed by atoms with E-state index in [4.69, 9.17) is 5.73 Å². The summed E-state index contributed by atoms with van der Waals surface area (Å²) in [4.78, 5) is 14.0. The number of hydrogen-bond acceptors (Lipinski definition) is 2. The van der Waals surface area contributed by atoms with Crippen molar-refractivity contribution in [1.29, 1.82) is 0 Å². The summed E-state index contributed by atoms with van der Waals surface area (Å²) in [6, 6.07) is 0. The summed E-state index contributed by atoms with van der Waals surface area (Å²) >= 11 is 0. The third kappa shape index (κ3) is 4.20. The van der Waals surface area contributed by atoms with E-state index in [1.165, 1.54) is 6.42 Å². The van der Waals surface area contributed by atoms with Crippen molar-refractivity contribution in [3.05, 3.63) is 0 Å². The average molecular weight is 212 g/mol. The van der Waals surface area contributed by atoms with Crippen LogP contribution in [0.4, 0.5) is 0 Å². The molecule has 15 heavy (non-hydrogen) atoms. The van der Waals surface area contributed by atoms with E-state index in [1.807, 2.05) is 4.90 Å². The van der Waals surface area contributed by atoms with Crippen molar-refractivity contribution in [2.45, 2.75) is 40.0 Å². The lowest BCUT2D eigenvalue weighted by atomic mass is 9.90. The molecule has 0 aromatic carbocycles. The Morgan fingerprint density at radius 1 is 1.47 bits per heavy atom. The van der Waals surface area contributed by atoms with Gasteiger partial charge in [-0.2, -0.15) is 0 Å². The molecule has 0 unspecified atom stereocenters. The second-order valence-corrected chi connectivity index (χ2v) is 5.82. The first-order valence-electron chi connectivity index (χ1n) is 5.90. The Bertz CT molecular complexity index is 220. The molecule has 0 saturated carbocycles. The standard InChI is InChI=1S/C12H24N2O/c1-12(2,3)7-11(15)14-6-4-5-10(8-13)9-14/h10H,4-9,13H2,1-3H3/t10-/m0/s1. The van der Waals surface area contributed by atoms with Crippen LogP contribution >= 0.6 is 0 Å². The van der Waals surface area contributed by atoms with Crippen LogP contribution in [0, 0.1) is 11.3 Å². The van der Waals surface area contributed by atoms with Crippen LogP contribution in [0.3, 0.4) is 0 Å². The van der Waals surface area contributed by atoms with Crippen molar-refractivity contribution in [3.63, 3.8) is 0 Å². The van der Waals surface area contributed by atoms with Crippen LogP contribution in [0.2, 0.25) is 0 Å². The van der Waals surface area contributed by atoms with E-state index < -0.39 is 0 Å². The quantitative estimate of drug-likeness (QED) is 0.756. The molecule has 0 aliphatic carbocycles. The largest absolute Gasteiger partial charge is 0.342 e. The number of carbonyl (C=O) groups is 1. The molecule has 1 amide bonds. The maximum absolute atomic E-state index is 12.0. The summed E-state index contributed by atoms with van der Waals surface area (Å²) < 4.78 is 0. The van der Waals surface area contributed by atoms with E-state index in [9.17, 15) is 4.79 Å². The fraction of sp³-hybridized carbons (Fsp3) is 0.917. The SMILES string of the molecule is CC(C)(C)CC(=O)N1CCC[C@@H](CN)C1. The van der Waals surface area contributed by atoms with Crippen molar-refractivity contribution >= 4 is 5.91 Å². The van der Waals surface area contributed by atoms with E-state index in [0.29, 0.717) is 24.8 Å². The number of hydrogen-bond donors (Lipinski definition) is 1. The molecular weight excluding hydrogens is 188 g/mol. The van der Waals surface area contributed by atoms with Gasteiger partial charge in [-0.15, -0.1) is 0 Å². The molecule has 1 aliphatic rings. The number of amides is 1. The molecule has 0 aromatic rings. The second kappa shape index (κ2) is 4.97. The van der Waals surface area contributed by atoms with E-state index in [1.54, 1.807) is 0 Å². The molecule has 1 heterocycles. The van der Waals surface area contributed by atoms with Crippen LogP contribution in [0.15, 0.2) is 0 Å². The number of rotatable bonds is 2. The fourth-order valence-electron chi connectivity index (χ4n) is 2.05. The number of carbonyl (C=O) groups excluding carboxylic acids is 1. The molecule has 0 radical (unpaired) electrons. The normalized spacial score (nSPS) is 22.9. The molecule has 1 aliphatic heterocycles. The molecule has 0 aromatic heterocycles. The molecule has 3 heteroatoms. The Morgan fingerprint density at radius 2 is 2.13 bits per heavy atom. The third-order valence-electron chi connectivity index (χ3n) is 2.89. The predicted octanol–water partition coefficient (Wildman–Crippen LogP) is 1.62. The van der Waals surface area contributed by atoms with Crippen LogP contribution in [-0.4, -0.2) is 30.4 Å². The molecular formula is C12H24N2O. The van der Waals surface area contributed by atoms with Gasteiger partial charge < -0.3 is 10.6 Å². The zero-order chi connectivity index (χ0) is 11.5. The number of nitrogens with zero attached hydrogens (tertiary/aromatic N) is 1. The summed E-state index contributed by atoms with van der Waals surface area (Å²) in [7, 11) is 0. The molecule has 3 nitrogen and oxygen atoms in total. The summed E-state index contributed by atoms with van der Waals surface area (Å²) in [5, 5.41) is 0. The van der Waals surface area contributed by atoms with Gasteiger partial charge >= 0.3 is 0 Å². The van der Waals surface area contributed by atoms with Gasteiger partial charge in [0, 0.05) is 19.5 Å². The predicted molar refractivity (Wildman–Crippen MR) is 62.4 cm³/mol. The minimum absolute atomic E-state index is 0.0900. The minimum atomic E-state index is 0.0900. The molecule has 0 spiro atoms. The van der Waals surface area contributed by atoms with Gasteiger partial charge in [-0.05, 0) is 30.7 Å². The van der Waals surface area contributed by atoms with Crippen molar-refractivity contribution in [2.24, 2.45) is 17.1 Å². The van der Waals surface area contributed by atoms with Gasteiger partial charge in [0.15, 0.2) is 0 Å². The molecule has 2 N–H and O–H groups in total. The van der Waals surface area contributed by atoms with Crippen LogP contribution in [0.1, 0.15) is 40.0 Å². The molecule has 1 saturated heterocycles. The van der Waals surface area contributed by atoms with Gasteiger partial charge in [0.1, 0.15) is 0 Å². The Morgan fingerprint density at radius 3 is 2.67 bits per heavy atom. The van der Waals surface area contributed by atoms with Crippen LogP contribution in [0.5, 0.6) is 0 Å². The Kier molecular flexibility index (Phi) is 4.14. The Labute approximate surface area is 93.0 Å². The second-order valence-electron chi connectivity index (χ2n) is 5.82. The van der Waals surface area contributed by atoms with Crippen molar-refractivity contribution < 1.29 is 4.79 Å². The molecule has 1 atom stereocenters. The first-order chi connectivity index (χ1) is 6.92.